The number of aryl methyl sites for hydroxylation is 1. The van der Waals surface area contributed by atoms with Crippen LogP contribution in [0.3, 0.4) is 0 Å². The van der Waals surface area contributed by atoms with Crippen LogP contribution >= 0.6 is 0 Å². The highest BCUT2D eigenvalue weighted by Gasteiger charge is 2.20. The number of rotatable bonds is 5. The van der Waals surface area contributed by atoms with Gasteiger partial charge in [0.25, 0.3) is 0 Å². The van der Waals surface area contributed by atoms with Crippen molar-refractivity contribution in [2.75, 3.05) is 6.54 Å². The van der Waals surface area contributed by atoms with Crippen molar-refractivity contribution in [3.05, 3.63) is 65.5 Å². The largest absolute Gasteiger partial charge is 0.309 e. The summed E-state index contributed by atoms with van der Waals surface area (Å²) in [6.07, 6.45) is 6.75. The molecule has 0 aliphatic heterocycles. The molecule has 2 atom stereocenters. The molecule has 2 nitrogen and oxygen atoms in total. The van der Waals surface area contributed by atoms with E-state index < -0.39 is 0 Å². The summed E-state index contributed by atoms with van der Waals surface area (Å²) in [5.41, 5.74) is 4.13. The second-order valence-electron chi connectivity index (χ2n) is 6.05. The van der Waals surface area contributed by atoms with Crippen molar-refractivity contribution in [2.24, 2.45) is 0 Å². The first-order chi connectivity index (χ1) is 10.3. The summed E-state index contributed by atoms with van der Waals surface area (Å²) in [4.78, 5) is 4.59. The molecule has 0 saturated carbocycles. The summed E-state index contributed by atoms with van der Waals surface area (Å²) >= 11 is 0. The van der Waals surface area contributed by atoms with Crippen LogP contribution in [0.4, 0.5) is 0 Å². The summed E-state index contributed by atoms with van der Waals surface area (Å²) in [6, 6.07) is 15.5. The van der Waals surface area contributed by atoms with Gasteiger partial charge in [-0.3, -0.25) is 4.98 Å². The minimum Gasteiger partial charge on any atom is -0.309 e. The van der Waals surface area contributed by atoms with Gasteiger partial charge in [0.15, 0.2) is 0 Å². The summed E-state index contributed by atoms with van der Waals surface area (Å²) in [7, 11) is 0. The van der Waals surface area contributed by atoms with Gasteiger partial charge in [-0.2, -0.15) is 0 Å². The molecular weight excluding hydrogens is 256 g/mol. The zero-order chi connectivity index (χ0) is 14.5. The number of pyridine rings is 1. The first-order valence-corrected chi connectivity index (χ1v) is 8.06. The quantitative estimate of drug-likeness (QED) is 0.886. The van der Waals surface area contributed by atoms with Crippen LogP contribution in [0, 0.1) is 0 Å². The predicted molar refractivity (Wildman–Crippen MR) is 87.4 cm³/mol. The van der Waals surface area contributed by atoms with Crippen LogP contribution in [0.15, 0.2) is 48.7 Å². The summed E-state index contributed by atoms with van der Waals surface area (Å²) in [5, 5.41) is 3.72. The maximum absolute atomic E-state index is 4.59. The van der Waals surface area contributed by atoms with Crippen LogP contribution in [0.2, 0.25) is 0 Å². The van der Waals surface area contributed by atoms with Crippen molar-refractivity contribution in [1.29, 1.82) is 0 Å². The molecule has 2 heteroatoms. The maximum Gasteiger partial charge on any atom is 0.0605 e. The molecule has 0 fully saturated rings. The van der Waals surface area contributed by atoms with E-state index in [-0.39, 0.29) is 0 Å². The number of aromatic nitrogens is 1. The van der Waals surface area contributed by atoms with Gasteiger partial charge in [0.1, 0.15) is 0 Å². The number of hydrogen-bond donors (Lipinski definition) is 1. The van der Waals surface area contributed by atoms with Gasteiger partial charge in [0, 0.05) is 12.2 Å². The number of hydrogen-bond acceptors (Lipinski definition) is 2. The minimum absolute atomic E-state index is 0.443. The number of benzene rings is 1. The molecule has 0 bridgehead atoms. The van der Waals surface area contributed by atoms with Gasteiger partial charge >= 0.3 is 0 Å². The first kappa shape index (κ1) is 14.3. The Morgan fingerprint density at radius 3 is 2.90 bits per heavy atom. The molecule has 1 N–H and O–H groups in total. The van der Waals surface area contributed by atoms with Gasteiger partial charge in [-0.05, 0) is 55.3 Å². The third-order valence-electron chi connectivity index (χ3n) is 4.53. The van der Waals surface area contributed by atoms with E-state index in [9.17, 15) is 0 Å². The number of fused-ring (bicyclic) bond motifs is 1. The topological polar surface area (TPSA) is 24.9 Å². The lowest BCUT2D eigenvalue weighted by Crippen LogP contribution is -2.27. The number of nitrogens with one attached hydrogen (secondary N) is 1. The van der Waals surface area contributed by atoms with E-state index in [1.54, 1.807) is 0 Å². The lowest BCUT2D eigenvalue weighted by Gasteiger charge is -2.25. The van der Waals surface area contributed by atoms with E-state index in [0.717, 1.165) is 6.54 Å². The van der Waals surface area contributed by atoms with E-state index >= 15 is 0 Å². The standard InChI is InChI=1S/C19H24N2/c1-15(16-7-3-2-4-8-16)12-14-20-18-11-5-9-17-10-6-13-21-19(17)18/h2-4,6-8,10,13,15,18,20H,5,9,11-12,14H2,1H3. The molecule has 1 aliphatic carbocycles. The Labute approximate surface area is 127 Å². The van der Waals surface area contributed by atoms with Crippen molar-refractivity contribution >= 4 is 0 Å². The van der Waals surface area contributed by atoms with Crippen molar-refractivity contribution in [1.82, 2.24) is 10.3 Å². The van der Waals surface area contributed by atoms with Crippen LogP contribution in [0.5, 0.6) is 0 Å². The van der Waals surface area contributed by atoms with Gasteiger partial charge in [-0.1, -0.05) is 43.3 Å². The van der Waals surface area contributed by atoms with Crippen LogP contribution in [0.1, 0.15) is 55.0 Å². The summed E-state index contributed by atoms with van der Waals surface area (Å²) in [5.74, 6) is 0.602. The molecule has 1 heterocycles. The zero-order valence-corrected chi connectivity index (χ0v) is 12.8. The molecular formula is C19H24N2. The van der Waals surface area contributed by atoms with Crippen molar-refractivity contribution in [3.63, 3.8) is 0 Å². The molecule has 1 aromatic carbocycles. The average molecular weight is 280 g/mol. The van der Waals surface area contributed by atoms with Gasteiger partial charge in [0.05, 0.1) is 5.69 Å². The second-order valence-corrected chi connectivity index (χ2v) is 6.05. The fourth-order valence-corrected chi connectivity index (χ4v) is 3.23. The Balaban J connectivity index is 1.55. The predicted octanol–water partition coefficient (Wildman–Crippen LogP) is 4.24. The Bertz CT molecular complexity index is 565. The maximum atomic E-state index is 4.59. The summed E-state index contributed by atoms with van der Waals surface area (Å²) < 4.78 is 0. The van der Waals surface area contributed by atoms with E-state index in [2.05, 4.69) is 59.7 Å². The molecule has 21 heavy (non-hydrogen) atoms. The van der Waals surface area contributed by atoms with Crippen LogP contribution in [-0.4, -0.2) is 11.5 Å². The lowest BCUT2D eigenvalue weighted by atomic mass is 9.91. The second kappa shape index (κ2) is 6.86. The molecule has 2 unspecified atom stereocenters. The van der Waals surface area contributed by atoms with Gasteiger partial charge in [-0.15, -0.1) is 0 Å². The SMILES string of the molecule is CC(CCNC1CCCc2cccnc21)c1ccccc1. The molecule has 0 saturated heterocycles. The van der Waals surface area contributed by atoms with Crippen molar-refractivity contribution < 1.29 is 0 Å². The molecule has 0 radical (unpaired) electrons. The zero-order valence-electron chi connectivity index (χ0n) is 12.8. The fraction of sp³-hybridized carbons (Fsp3) is 0.421. The highest BCUT2D eigenvalue weighted by atomic mass is 14.9. The Hall–Kier alpha value is -1.67. The molecule has 2 aromatic rings. The van der Waals surface area contributed by atoms with Gasteiger partial charge in [0.2, 0.25) is 0 Å². The molecule has 0 spiro atoms. The van der Waals surface area contributed by atoms with E-state index in [0.29, 0.717) is 12.0 Å². The lowest BCUT2D eigenvalue weighted by molar-refractivity contribution is 0.437. The third kappa shape index (κ3) is 3.51. The highest BCUT2D eigenvalue weighted by molar-refractivity contribution is 5.25. The molecule has 1 aliphatic rings. The molecule has 110 valence electrons. The number of nitrogens with zero attached hydrogens (tertiary/aromatic N) is 1. The van der Waals surface area contributed by atoms with E-state index in [1.807, 2.05) is 6.20 Å². The van der Waals surface area contributed by atoms with Crippen LogP contribution < -0.4 is 5.32 Å². The highest BCUT2D eigenvalue weighted by Crippen LogP contribution is 2.28. The molecule has 0 amide bonds. The normalized spacial score (nSPS) is 19.0. The van der Waals surface area contributed by atoms with Crippen LogP contribution in [0.25, 0.3) is 0 Å². The minimum atomic E-state index is 0.443. The average Bonchev–Trinajstić information content (AvgIpc) is 2.56. The Kier molecular flexibility index (Phi) is 4.66. The fourth-order valence-electron chi connectivity index (χ4n) is 3.23. The Morgan fingerprint density at radius 1 is 1.19 bits per heavy atom. The van der Waals surface area contributed by atoms with Gasteiger partial charge in [-0.25, -0.2) is 0 Å². The van der Waals surface area contributed by atoms with Crippen molar-refractivity contribution in [3.8, 4) is 0 Å². The van der Waals surface area contributed by atoms with E-state index in [1.165, 1.54) is 42.5 Å². The van der Waals surface area contributed by atoms with Crippen LogP contribution in [-0.2, 0) is 6.42 Å². The summed E-state index contributed by atoms with van der Waals surface area (Å²) in [6.45, 7) is 3.36. The smallest absolute Gasteiger partial charge is 0.0605 e. The van der Waals surface area contributed by atoms with E-state index in [4.69, 9.17) is 0 Å². The van der Waals surface area contributed by atoms with Crippen molar-refractivity contribution in [2.45, 2.75) is 44.6 Å². The monoisotopic (exact) mass is 280 g/mol. The molecule has 3 rings (SSSR count). The first-order valence-electron chi connectivity index (χ1n) is 8.06. The third-order valence-corrected chi connectivity index (χ3v) is 4.53. The van der Waals surface area contributed by atoms with Gasteiger partial charge < -0.3 is 5.32 Å². The molecule has 1 aromatic heterocycles. The Morgan fingerprint density at radius 2 is 2.05 bits per heavy atom.